The van der Waals surface area contributed by atoms with E-state index in [1.54, 1.807) is 12.1 Å². The second-order valence-corrected chi connectivity index (χ2v) is 7.51. The molecule has 20 heavy (non-hydrogen) atoms. The van der Waals surface area contributed by atoms with Crippen molar-refractivity contribution in [2.45, 2.75) is 11.3 Å². The molecule has 1 atom stereocenters. The zero-order chi connectivity index (χ0) is 14.8. The predicted octanol–water partition coefficient (Wildman–Crippen LogP) is 0.921. The maximum Gasteiger partial charge on any atom is 0.221 e. The van der Waals surface area contributed by atoms with Gasteiger partial charge in [0, 0.05) is 18.1 Å². The SMILES string of the molecule is NC(=O)C1CCN(CCS(=O)(=O)c2ccc(Cl)cc2)C1. The number of benzene rings is 1. The van der Waals surface area contributed by atoms with Crippen LogP contribution in [0.1, 0.15) is 6.42 Å². The summed E-state index contributed by atoms with van der Waals surface area (Å²) in [5, 5.41) is 0.507. The molecule has 1 aromatic carbocycles. The van der Waals surface area contributed by atoms with Gasteiger partial charge in [-0.05, 0) is 37.2 Å². The molecule has 1 aromatic rings. The van der Waals surface area contributed by atoms with E-state index in [0.29, 0.717) is 31.1 Å². The number of nitrogens with two attached hydrogens (primary N) is 1. The molecule has 1 saturated heterocycles. The molecule has 0 bridgehead atoms. The van der Waals surface area contributed by atoms with Gasteiger partial charge in [0.05, 0.1) is 16.6 Å². The molecule has 0 saturated carbocycles. The maximum absolute atomic E-state index is 12.2. The molecule has 0 aliphatic carbocycles. The smallest absolute Gasteiger partial charge is 0.221 e. The fourth-order valence-corrected chi connectivity index (χ4v) is 3.69. The standard InChI is InChI=1S/C13H17ClN2O3S/c14-11-1-3-12(4-2-11)20(18,19)8-7-16-6-5-10(9-16)13(15)17/h1-4,10H,5-9H2,(H2,15,17). The van der Waals surface area contributed by atoms with Gasteiger partial charge in [-0.3, -0.25) is 4.79 Å². The minimum absolute atomic E-state index is 0.0279. The fraction of sp³-hybridized carbons (Fsp3) is 0.462. The summed E-state index contributed by atoms with van der Waals surface area (Å²) in [6.45, 7) is 1.67. The van der Waals surface area contributed by atoms with Crippen LogP contribution in [-0.2, 0) is 14.6 Å². The van der Waals surface area contributed by atoms with E-state index in [4.69, 9.17) is 17.3 Å². The van der Waals surface area contributed by atoms with E-state index in [0.717, 1.165) is 0 Å². The van der Waals surface area contributed by atoms with Gasteiger partial charge in [-0.25, -0.2) is 8.42 Å². The molecule has 1 heterocycles. The highest BCUT2D eigenvalue weighted by atomic mass is 35.5. The highest BCUT2D eigenvalue weighted by Gasteiger charge is 2.27. The average molecular weight is 317 g/mol. The number of likely N-dealkylation sites (tertiary alicyclic amines) is 1. The predicted molar refractivity (Wildman–Crippen MR) is 77.2 cm³/mol. The number of hydrogen-bond donors (Lipinski definition) is 1. The Morgan fingerprint density at radius 2 is 2.00 bits per heavy atom. The van der Waals surface area contributed by atoms with Crippen LogP contribution in [0.15, 0.2) is 29.2 Å². The van der Waals surface area contributed by atoms with Gasteiger partial charge in [0.25, 0.3) is 0 Å². The molecule has 1 amide bonds. The first-order valence-corrected chi connectivity index (χ1v) is 8.41. The van der Waals surface area contributed by atoms with E-state index in [-0.39, 0.29) is 22.5 Å². The fourth-order valence-electron chi connectivity index (χ4n) is 2.28. The largest absolute Gasteiger partial charge is 0.369 e. The van der Waals surface area contributed by atoms with Gasteiger partial charge in [-0.2, -0.15) is 0 Å². The van der Waals surface area contributed by atoms with Crippen LogP contribution in [0.5, 0.6) is 0 Å². The highest BCUT2D eigenvalue weighted by Crippen LogP contribution is 2.18. The zero-order valence-corrected chi connectivity index (χ0v) is 12.5. The maximum atomic E-state index is 12.2. The number of sulfone groups is 1. The number of halogens is 1. The Balaban J connectivity index is 1.93. The molecular weight excluding hydrogens is 300 g/mol. The van der Waals surface area contributed by atoms with Crippen LogP contribution >= 0.6 is 11.6 Å². The lowest BCUT2D eigenvalue weighted by Gasteiger charge is -2.15. The lowest BCUT2D eigenvalue weighted by atomic mass is 10.1. The minimum Gasteiger partial charge on any atom is -0.369 e. The van der Waals surface area contributed by atoms with E-state index in [1.807, 2.05) is 4.90 Å². The first kappa shape index (κ1) is 15.3. The van der Waals surface area contributed by atoms with Gasteiger partial charge in [0.1, 0.15) is 0 Å². The Bertz CT molecular complexity index is 586. The van der Waals surface area contributed by atoms with Crippen LogP contribution in [0, 0.1) is 5.92 Å². The van der Waals surface area contributed by atoms with E-state index >= 15 is 0 Å². The highest BCUT2D eigenvalue weighted by molar-refractivity contribution is 7.91. The van der Waals surface area contributed by atoms with E-state index < -0.39 is 9.84 Å². The minimum atomic E-state index is -3.32. The molecule has 1 unspecified atom stereocenters. The van der Waals surface area contributed by atoms with Crippen LogP contribution < -0.4 is 5.73 Å². The van der Waals surface area contributed by atoms with E-state index in [2.05, 4.69) is 0 Å². The molecule has 110 valence electrons. The Morgan fingerprint density at radius 1 is 1.35 bits per heavy atom. The van der Waals surface area contributed by atoms with Crippen LogP contribution in [0.2, 0.25) is 5.02 Å². The molecule has 2 rings (SSSR count). The van der Waals surface area contributed by atoms with Crippen molar-refractivity contribution in [1.29, 1.82) is 0 Å². The molecular formula is C13H17ClN2O3S. The molecule has 1 aliphatic heterocycles. The first-order valence-electron chi connectivity index (χ1n) is 6.38. The molecule has 1 fully saturated rings. The quantitative estimate of drug-likeness (QED) is 0.876. The summed E-state index contributed by atoms with van der Waals surface area (Å²) in [5.74, 6) is -0.443. The van der Waals surface area contributed by atoms with Crippen molar-refractivity contribution >= 4 is 27.3 Å². The molecule has 2 N–H and O–H groups in total. The van der Waals surface area contributed by atoms with Crippen molar-refractivity contribution in [3.63, 3.8) is 0 Å². The Morgan fingerprint density at radius 3 is 2.55 bits per heavy atom. The zero-order valence-electron chi connectivity index (χ0n) is 11.0. The number of hydrogen-bond acceptors (Lipinski definition) is 4. The topological polar surface area (TPSA) is 80.5 Å². The van der Waals surface area contributed by atoms with Crippen molar-refractivity contribution in [3.8, 4) is 0 Å². The summed E-state index contributed by atoms with van der Waals surface area (Å²) >= 11 is 5.74. The Labute approximate surface area is 123 Å². The van der Waals surface area contributed by atoms with Gasteiger partial charge in [-0.15, -0.1) is 0 Å². The van der Waals surface area contributed by atoms with Crippen LogP contribution in [0.3, 0.4) is 0 Å². The van der Waals surface area contributed by atoms with Gasteiger partial charge < -0.3 is 10.6 Å². The monoisotopic (exact) mass is 316 g/mol. The van der Waals surface area contributed by atoms with Crippen molar-refractivity contribution in [2.24, 2.45) is 11.7 Å². The second kappa shape index (κ2) is 6.11. The lowest BCUT2D eigenvalue weighted by molar-refractivity contribution is -0.121. The Kier molecular flexibility index (Phi) is 4.67. The number of amides is 1. The number of rotatable bonds is 5. The third kappa shape index (κ3) is 3.71. The van der Waals surface area contributed by atoms with Gasteiger partial charge in [0.15, 0.2) is 9.84 Å². The lowest BCUT2D eigenvalue weighted by Crippen LogP contribution is -2.30. The van der Waals surface area contributed by atoms with E-state index in [9.17, 15) is 13.2 Å². The van der Waals surface area contributed by atoms with Gasteiger partial charge >= 0.3 is 0 Å². The third-order valence-corrected chi connectivity index (χ3v) is 5.49. The summed E-state index contributed by atoms with van der Waals surface area (Å²) < 4.78 is 24.3. The summed E-state index contributed by atoms with van der Waals surface area (Å²) in [4.78, 5) is 13.3. The van der Waals surface area contributed by atoms with Crippen LogP contribution in [0.4, 0.5) is 0 Å². The van der Waals surface area contributed by atoms with Crippen molar-refractivity contribution in [1.82, 2.24) is 4.90 Å². The molecule has 0 spiro atoms. The molecule has 0 aromatic heterocycles. The molecule has 5 nitrogen and oxygen atoms in total. The van der Waals surface area contributed by atoms with Gasteiger partial charge in [-0.1, -0.05) is 11.6 Å². The number of primary amides is 1. The van der Waals surface area contributed by atoms with Crippen molar-refractivity contribution in [3.05, 3.63) is 29.3 Å². The number of nitrogens with zero attached hydrogens (tertiary/aromatic N) is 1. The third-order valence-electron chi connectivity index (χ3n) is 3.52. The Hall–Kier alpha value is -1.11. The molecule has 0 radical (unpaired) electrons. The summed E-state index contributed by atoms with van der Waals surface area (Å²) in [5.41, 5.74) is 5.25. The number of carbonyl (C=O) groups excluding carboxylic acids is 1. The normalized spacial score (nSPS) is 20.1. The molecule has 1 aliphatic rings. The van der Waals surface area contributed by atoms with Crippen LogP contribution in [-0.4, -0.2) is 44.6 Å². The second-order valence-electron chi connectivity index (χ2n) is 4.96. The summed E-state index contributed by atoms with van der Waals surface area (Å²) in [6.07, 6.45) is 0.705. The van der Waals surface area contributed by atoms with Crippen molar-refractivity contribution < 1.29 is 13.2 Å². The van der Waals surface area contributed by atoms with Gasteiger partial charge in [0.2, 0.25) is 5.91 Å². The number of carbonyl (C=O) groups is 1. The van der Waals surface area contributed by atoms with Crippen LogP contribution in [0.25, 0.3) is 0 Å². The summed E-state index contributed by atoms with van der Waals surface area (Å²) in [7, 11) is -3.32. The van der Waals surface area contributed by atoms with E-state index in [1.165, 1.54) is 12.1 Å². The van der Waals surface area contributed by atoms with Crippen molar-refractivity contribution in [2.75, 3.05) is 25.4 Å². The summed E-state index contributed by atoms with van der Waals surface area (Å²) in [6, 6.07) is 6.14. The first-order chi connectivity index (χ1) is 9.38. The average Bonchev–Trinajstić information content (AvgIpc) is 2.86. The molecule has 7 heteroatoms.